The standard InChI is InChI=1S/C60H112O6/c1-4-7-10-13-16-19-22-25-27-28-29-30-31-32-34-36-39-41-44-47-50-53-59(62)65-56-57(66-60(63)54-51-48-45-42-37-24-21-18-15-12-9-6-3)55-64-58(61)52-49-46-43-40-38-35-33-26-23-20-17-14-11-8-5-2/h25-27,33,57H,4-24,28-32,34-56H2,1-3H3/b27-25-,33-26-/t57-/m0/s1. The van der Waals surface area contributed by atoms with Crippen LogP contribution < -0.4 is 0 Å². The monoisotopic (exact) mass is 929 g/mol. The lowest BCUT2D eigenvalue weighted by molar-refractivity contribution is -0.167. The van der Waals surface area contributed by atoms with Crippen molar-refractivity contribution < 1.29 is 28.6 Å². The number of unbranched alkanes of at least 4 members (excludes halogenated alkanes) is 39. The molecule has 0 aliphatic carbocycles. The van der Waals surface area contributed by atoms with Crippen molar-refractivity contribution in [3.8, 4) is 0 Å². The molecule has 0 N–H and O–H groups in total. The van der Waals surface area contributed by atoms with Crippen LogP contribution in [0.15, 0.2) is 24.3 Å². The zero-order chi connectivity index (χ0) is 47.9. The Labute approximate surface area is 411 Å². The second-order valence-electron chi connectivity index (χ2n) is 19.9. The Hall–Kier alpha value is -2.11. The highest BCUT2D eigenvalue weighted by Crippen LogP contribution is 2.16. The van der Waals surface area contributed by atoms with E-state index in [1.54, 1.807) is 0 Å². The molecule has 0 radical (unpaired) electrons. The van der Waals surface area contributed by atoms with Crippen molar-refractivity contribution in [2.75, 3.05) is 13.2 Å². The predicted molar refractivity (Wildman–Crippen MR) is 284 cm³/mol. The molecular formula is C60H112O6. The molecular weight excluding hydrogens is 817 g/mol. The Bertz CT molecular complexity index is 1070. The molecule has 0 aromatic rings. The van der Waals surface area contributed by atoms with Crippen LogP contribution in [0.3, 0.4) is 0 Å². The molecule has 0 heterocycles. The molecule has 0 aromatic heterocycles. The van der Waals surface area contributed by atoms with Crippen LogP contribution in [-0.2, 0) is 28.6 Å². The minimum absolute atomic E-state index is 0.0698. The van der Waals surface area contributed by atoms with Gasteiger partial charge in [-0.05, 0) is 70.6 Å². The Morgan fingerprint density at radius 3 is 0.758 bits per heavy atom. The SMILES string of the molecule is CCCCCCCC/C=C\CCCCCCCCCCCCCC(=O)OC[C@H](COC(=O)CCCCCCC/C=C\CCCCCCCC)OC(=O)CCCCCCCCCCCCCC. The average molecular weight is 930 g/mol. The summed E-state index contributed by atoms with van der Waals surface area (Å²) in [5.41, 5.74) is 0. The summed E-state index contributed by atoms with van der Waals surface area (Å²) in [5.74, 6) is -0.860. The summed E-state index contributed by atoms with van der Waals surface area (Å²) in [6.07, 6.45) is 64.6. The van der Waals surface area contributed by atoms with Crippen molar-refractivity contribution in [2.45, 2.75) is 329 Å². The minimum atomic E-state index is -0.770. The first-order chi connectivity index (χ1) is 32.5. The quantitative estimate of drug-likeness (QED) is 0.0262. The molecule has 0 saturated heterocycles. The molecule has 0 amide bonds. The molecule has 0 spiro atoms. The van der Waals surface area contributed by atoms with E-state index >= 15 is 0 Å². The van der Waals surface area contributed by atoms with Gasteiger partial charge in [0.15, 0.2) is 6.10 Å². The Morgan fingerprint density at radius 1 is 0.288 bits per heavy atom. The Kier molecular flexibility index (Phi) is 53.7. The zero-order valence-corrected chi connectivity index (χ0v) is 44.5. The fraction of sp³-hybridized carbons (Fsp3) is 0.883. The lowest BCUT2D eigenvalue weighted by Gasteiger charge is -2.18. The number of hydrogen-bond donors (Lipinski definition) is 0. The van der Waals surface area contributed by atoms with E-state index in [1.807, 2.05) is 0 Å². The van der Waals surface area contributed by atoms with Crippen LogP contribution in [-0.4, -0.2) is 37.2 Å². The lowest BCUT2D eigenvalue weighted by atomic mass is 10.0. The van der Waals surface area contributed by atoms with E-state index in [9.17, 15) is 14.4 Å². The van der Waals surface area contributed by atoms with Gasteiger partial charge in [-0.25, -0.2) is 0 Å². The highest BCUT2D eigenvalue weighted by Gasteiger charge is 2.19. The first-order valence-electron chi connectivity index (χ1n) is 29.3. The van der Waals surface area contributed by atoms with Gasteiger partial charge in [0.05, 0.1) is 0 Å². The van der Waals surface area contributed by atoms with Crippen molar-refractivity contribution >= 4 is 17.9 Å². The number of carbonyl (C=O) groups is 3. The van der Waals surface area contributed by atoms with Gasteiger partial charge < -0.3 is 14.2 Å². The van der Waals surface area contributed by atoms with Crippen molar-refractivity contribution in [1.82, 2.24) is 0 Å². The molecule has 66 heavy (non-hydrogen) atoms. The minimum Gasteiger partial charge on any atom is -0.462 e. The van der Waals surface area contributed by atoms with Gasteiger partial charge in [0.1, 0.15) is 13.2 Å². The van der Waals surface area contributed by atoms with E-state index in [0.717, 1.165) is 64.2 Å². The smallest absolute Gasteiger partial charge is 0.306 e. The summed E-state index contributed by atoms with van der Waals surface area (Å²) in [6.45, 7) is 6.66. The van der Waals surface area contributed by atoms with Gasteiger partial charge in [0, 0.05) is 19.3 Å². The van der Waals surface area contributed by atoms with Gasteiger partial charge in [0.25, 0.3) is 0 Å². The number of rotatable bonds is 54. The maximum Gasteiger partial charge on any atom is 0.306 e. The predicted octanol–water partition coefficient (Wildman–Crippen LogP) is 19.5. The fourth-order valence-electron chi connectivity index (χ4n) is 8.73. The topological polar surface area (TPSA) is 78.9 Å². The van der Waals surface area contributed by atoms with Crippen LogP contribution in [0.2, 0.25) is 0 Å². The second kappa shape index (κ2) is 55.5. The molecule has 0 fully saturated rings. The van der Waals surface area contributed by atoms with E-state index in [4.69, 9.17) is 14.2 Å². The summed E-state index contributed by atoms with van der Waals surface area (Å²) in [6, 6.07) is 0. The maximum absolute atomic E-state index is 12.8. The molecule has 1 atom stereocenters. The van der Waals surface area contributed by atoms with E-state index in [2.05, 4.69) is 45.1 Å². The third kappa shape index (κ3) is 52.9. The third-order valence-corrected chi connectivity index (χ3v) is 13.2. The number of esters is 3. The Balaban J connectivity index is 4.27. The van der Waals surface area contributed by atoms with Crippen molar-refractivity contribution in [1.29, 1.82) is 0 Å². The van der Waals surface area contributed by atoms with Crippen molar-refractivity contribution in [2.24, 2.45) is 0 Å². The highest BCUT2D eigenvalue weighted by atomic mass is 16.6. The van der Waals surface area contributed by atoms with Gasteiger partial charge in [-0.15, -0.1) is 0 Å². The van der Waals surface area contributed by atoms with Gasteiger partial charge in [-0.1, -0.05) is 257 Å². The van der Waals surface area contributed by atoms with Gasteiger partial charge in [-0.2, -0.15) is 0 Å². The van der Waals surface area contributed by atoms with Gasteiger partial charge in [0.2, 0.25) is 0 Å². The average Bonchev–Trinajstić information content (AvgIpc) is 3.31. The fourth-order valence-corrected chi connectivity index (χ4v) is 8.73. The summed E-state index contributed by atoms with van der Waals surface area (Å²) in [4.78, 5) is 38.1. The normalized spacial score (nSPS) is 12.1. The van der Waals surface area contributed by atoms with Crippen LogP contribution in [0.5, 0.6) is 0 Å². The van der Waals surface area contributed by atoms with E-state index in [0.29, 0.717) is 19.3 Å². The number of carbonyl (C=O) groups excluding carboxylic acids is 3. The van der Waals surface area contributed by atoms with Crippen LogP contribution >= 0.6 is 0 Å². The molecule has 0 aliphatic heterocycles. The van der Waals surface area contributed by atoms with E-state index < -0.39 is 6.10 Å². The molecule has 0 aliphatic rings. The maximum atomic E-state index is 12.8. The van der Waals surface area contributed by atoms with Crippen LogP contribution in [0.4, 0.5) is 0 Å². The molecule has 388 valence electrons. The number of allylic oxidation sites excluding steroid dienone is 4. The largest absolute Gasteiger partial charge is 0.462 e. The molecule has 0 rings (SSSR count). The summed E-state index contributed by atoms with van der Waals surface area (Å²) < 4.78 is 16.9. The van der Waals surface area contributed by atoms with E-state index in [-0.39, 0.29) is 31.1 Å². The van der Waals surface area contributed by atoms with Crippen LogP contribution in [0.25, 0.3) is 0 Å². The van der Waals surface area contributed by atoms with Gasteiger partial charge >= 0.3 is 17.9 Å². The van der Waals surface area contributed by atoms with Crippen molar-refractivity contribution in [3.63, 3.8) is 0 Å². The number of ether oxygens (including phenoxy) is 3. The highest BCUT2D eigenvalue weighted by molar-refractivity contribution is 5.71. The molecule has 0 aromatic carbocycles. The molecule has 0 unspecified atom stereocenters. The summed E-state index contributed by atoms with van der Waals surface area (Å²) >= 11 is 0. The molecule has 6 nitrogen and oxygen atoms in total. The second-order valence-corrected chi connectivity index (χ2v) is 19.9. The molecule has 0 saturated carbocycles. The number of hydrogen-bond acceptors (Lipinski definition) is 6. The summed E-state index contributed by atoms with van der Waals surface area (Å²) in [7, 11) is 0. The van der Waals surface area contributed by atoms with Gasteiger partial charge in [-0.3, -0.25) is 14.4 Å². The Morgan fingerprint density at radius 2 is 0.500 bits per heavy atom. The third-order valence-electron chi connectivity index (χ3n) is 13.2. The first-order valence-corrected chi connectivity index (χ1v) is 29.3. The first kappa shape index (κ1) is 63.9. The van der Waals surface area contributed by atoms with Crippen molar-refractivity contribution in [3.05, 3.63) is 24.3 Å². The zero-order valence-electron chi connectivity index (χ0n) is 44.5. The molecule has 0 bridgehead atoms. The lowest BCUT2D eigenvalue weighted by Crippen LogP contribution is -2.30. The summed E-state index contributed by atoms with van der Waals surface area (Å²) in [5, 5.41) is 0. The van der Waals surface area contributed by atoms with E-state index in [1.165, 1.54) is 218 Å². The van der Waals surface area contributed by atoms with Crippen LogP contribution in [0.1, 0.15) is 323 Å². The van der Waals surface area contributed by atoms with Crippen LogP contribution in [0, 0.1) is 0 Å². The molecule has 6 heteroatoms.